The van der Waals surface area contributed by atoms with Crippen molar-refractivity contribution < 1.29 is 0 Å². The molecular weight excluding hydrogens is 268 g/mol. The van der Waals surface area contributed by atoms with Crippen LogP contribution in [-0.4, -0.2) is 19.1 Å². The van der Waals surface area contributed by atoms with Crippen LogP contribution in [0, 0.1) is 5.41 Å². The van der Waals surface area contributed by atoms with Gasteiger partial charge in [-0.25, -0.2) is 0 Å². The number of nitrogens with zero attached hydrogens (tertiary/aromatic N) is 1. The van der Waals surface area contributed by atoms with Crippen molar-refractivity contribution in [2.45, 2.75) is 53.6 Å². The Kier molecular flexibility index (Phi) is 5.51. The number of benzene rings is 1. The maximum atomic E-state index is 6.43. The average molecular weight is 297 g/mol. The molecule has 1 N–H and O–H groups in total. The topological polar surface area (TPSA) is 15.3 Å². The van der Waals surface area contributed by atoms with Gasteiger partial charge in [0.1, 0.15) is 0 Å². The van der Waals surface area contributed by atoms with Gasteiger partial charge >= 0.3 is 0 Å². The Labute approximate surface area is 129 Å². The van der Waals surface area contributed by atoms with E-state index >= 15 is 0 Å². The number of halogens is 1. The predicted molar refractivity (Wildman–Crippen MR) is 90.8 cm³/mol. The first-order valence-electron chi connectivity index (χ1n) is 7.23. The lowest BCUT2D eigenvalue weighted by atomic mass is 9.95. The summed E-state index contributed by atoms with van der Waals surface area (Å²) in [5, 5.41) is 4.36. The number of nitrogens with one attached hydrogen (secondary N) is 1. The third-order valence-electron chi connectivity index (χ3n) is 2.97. The van der Waals surface area contributed by atoms with Gasteiger partial charge in [0.2, 0.25) is 0 Å². The molecule has 0 bridgehead atoms. The van der Waals surface area contributed by atoms with Gasteiger partial charge in [-0.05, 0) is 37.8 Å². The van der Waals surface area contributed by atoms with Crippen LogP contribution in [0.15, 0.2) is 18.2 Å². The quantitative estimate of drug-likeness (QED) is 0.865. The lowest BCUT2D eigenvalue weighted by Gasteiger charge is -2.31. The summed E-state index contributed by atoms with van der Waals surface area (Å²) in [5.74, 6) is 0. The summed E-state index contributed by atoms with van der Waals surface area (Å²) in [5.41, 5.74) is 2.73. The first kappa shape index (κ1) is 17.3. The molecule has 1 rings (SSSR count). The van der Waals surface area contributed by atoms with E-state index in [4.69, 9.17) is 11.6 Å². The second-order valence-corrected chi connectivity index (χ2v) is 8.18. The van der Waals surface area contributed by atoms with Crippen molar-refractivity contribution in [2.24, 2.45) is 5.41 Å². The monoisotopic (exact) mass is 296 g/mol. The van der Waals surface area contributed by atoms with Gasteiger partial charge in [0.05, 0.1) is 10.7 Å². The molecule has 1 aromatic carbocycles. The van der Waals surface area contributed by atoms with Gasteiger partial charge in [0.15, 0.2) is 0 Å². The van der Waals surface area contributed by atoms with Crippen LogP contribution in [0.5, 0.6) is 0 Å². The summed E-state index contributed by atoms with van der Waals surface area (Å²) >= 11 is 6.43. The van der Waals surface area contributed by atoms with Gasteiger partial charge in [-0.15, -0.1) is 0 Å². The van der Waals surface area contributed by atoms with E-state index in [2.05, 4.69) is 64.9 Å². The number of hydrogen-bond acceptors (Lipinski definition) is 2. The fourth-order valence-corrected chi connectivity index (χ4v) is 2.62. The maximum Gasteiger partial charge on any atom is 0.0642 e. The minimum Gasteiger partial charge on any atom is -0.373 e. The fraction of sp³-hybridized carbons (Fsp3) is 0.647. The zero-order valence-electron chi connectivity index (χ0n) is 14.0. The molecule has 0 aliphatic rings. The van der Waals surface area contributed by atoms with Gasteiger partial charge in [0, 0.05) is 25.7 Å². The summed E-state index contributed by atoms with van der Waals surface area (Å²) in [7, 11) is 2.12. The molecule has 0 aromatic heterocycles. The van der Waals surface area contributed by atoms with Gasteiger partial charge < -0.3 is 10.2 Å². The van der Waals surface area contributed by atoms with Crippen LogP contribution in [0.3, 0.4) is 0 Å². The third-order valence-corrected chi connectivity index (χ3v) is 3.28. The van der Waals surface area contributed by atoms with E-state index in [1.807, 2.05) is 12.1 Å². The number of anilines is 1. The molecule has 114 valence electrons. The van der Waals surface area contributed by atoms with Crippen molar-refractivity contribution in [1.82, 2.24) is 5.32 Å². The molecule has 0 saturated carbocycles. The van der Waals surface area contributed by atoms with Gasteiger partial charge in [-0.1, -0.05) is 44.5 Å². The van der Waals surface area contributed by atoms with Crippen molar-refractivity contribution >= 4 is 17.3 Å². The summed E-state index contributed by atoms with van der Waals surface area (Å²) in [6.07, 6.45) is 0. The molecule has 20 heavy (non-hydrogen) atoms. The summed E-state index contributed by atoms with van der Waals surface area (Å²) < 4.78 is 0. The van der Waals surface area contributed by atoms with Gasteiger partial charge in [0.25, 0.3) is 0 Å². The Morgan fingerprint density at radius 3 is 2.20 bits per heavy atom. The predicted octanol–water partition coefficient (Wildman–Crippen LogP) is 4.71. The van der Waals surface area contributed by atoms with Crippen LogP contribution in [-0.2, 0) is 6.54 Å². The first-order chi connectivity index (χ1) is 8.99. The average Bonchev–Trinajstić information content (AvgIpc) is 2.22. The molecule has 2 nitrogen and oxygen atoms in total. The van der Waals surface area contributed by atoms with Gasteiger partial charge in [-0.3, -0.25) is 0 Å². The minimum atomic E-state index is 0.0994. The number of para-hydroxylation sites is 1. The van der Waals surface area contributed by atoms with Gasteiger partial charge in [-0.2, -0.15) is 0 Å². The zero-order chi connectivity index (χ0) is 15.6. The van der Waals surface area contributed by atoms with Crippen LogP contribution < -0.4 is 10.2 Å². The van der Waals surface area contributed by atoms with Crippen LogP contribution in [0.4, 0.5) is 5.69 Å². The highest BCUT2D eigenvalue weighted by Gasteiger charge is 2.19. The standard InChI is InChI=1S/C17H29ClN2/c1-16(2,3)12-20(7)15-13(9-8-10-14(15)18)11-19-17(4,5)6/h8-10,19H,11-12H2,1-7H3. The van der Waals surface area contributed by atoms with Crippen molar-refractivity contribution in [3.8, 4) is 0 Å². The van der Waals surface area contributed by atoms with Crippen molar-refractivity contribution in [3.05, 3.63) is 28.8 Å². The molecule has 0 atom stereocenters. The molecule has 0 saturated heterocycles. The molecule has 0 heterocycles. The molecule has 0 aliphatic heterocycles. The maximum absolute atomic E-state index is 6.43. The smallest absolute Gasteiger partial charge is 0.0642 e. The van der Waals surface area contributed by atoms with Crippen LogP contribution in [0.25, 0.3) is 0 Å². The van der Waals surface area contributed by atoms with E-state index in [1.165, 1.54) is 5.56 Å². The summed E-state index contributed by atoms with van der Waals surface area (Å²) in [6.45, 7) is 15.1. The molecule has 1 aromatic rings. The molecule has 0 spiro atoms. The van der Waals surface area contributed by atoms with Crippen LogP contribution >= 0.6 is 11.6 Å². The molecular formula is C17H29ClN2. The van der Waals surface area contributed by atoms with Crippen molar-refractivity contribution in [2.75, 3.05) is 18.5 Å². The molecule has 0 aliphatic carbocycles. The number of rotatable bonds is 4. The largest absolute Gasteiger partial charge is 0.373 e. The zero-order valence-corrected chi connectivity index (χ0v) is 14.7. The van der Waals surface area contributed by atoms with Crippen molar-refractivity contribution in [3.63, 3.8) is 0 Å². The minimum absolute atomic E-state index is 0.0994. The lowest BCUT2D eigenvalue weighted by molar-refractivity contribution is 0.414. The Hall–Kier alpha value is -0.730. The van der Waals surface area contributed by atoms with Crippen LogP contribution in [0.2, 0.25) is 5.02 Å². The van der Waals surface area contributed by atoms with E-state index in [0.29, 0.717) is 0 Å². The normalized spacial score (nSPS) is 12.6. The number of hydrogen-bond donors (Lipinski definition) is 1. The Morgan fingerprint density at radius 1 is 1.10 bits per heavy atom. The highest BCUT2D eigenvalue weighted by molar-refractivity contribution is 6.33. The summed E-state index contributed by atoms with van der Waals surface area (Å²) in [6, 6.07) is 6.15. The molecule has 0 amide bonds. The molecule has 0 fully saturated rings. The van der Waals surface area contributed by atoms with Crippen molar-refractivity contribution in [1.29, 1.82) is 0 Å². The van der Waals surface area contributed by atoms with E-state index in [0.717, 1.165) is 23.8 Å². The van der Waals surface area contributed by atoms with E-state index in [-0.39, 0.29) is 11.0 Å². The van der Waals surface area contributed by atoms with Crippen LogP contribution in [0.1, 0.15) is 47.1 Å². The second-order valence-electron chi connectivity index (χ2n) is 7.77. The first-order valence-corrected chi connectivity index (χ1v) is 7.61. The highest BCUT2D eigenvalue weighted by Crippen LogP contribution is 2.31. The van der Waals surface area contributed by atoms with E-state index in [1.54, 1.807) is 0 Å². The fourth-order valence-electron chi connectivity index (χ4n) is 2.28. The lowest BCUT2D eigenvalue weighted by Crippen LogP contribution is -2.36. The molecule has 3 heteroatoms. The Morgan fingerprint density at radius 2 is 1.70 bits per heavy atom. The molecule has 0 unspecified atom stereocenters. The summed E-state index contributed by atoms with van der Waals surface area (Å²) in [4.78, 5) is 2.27. The SMILES string of the molecule is CN(CC(C)(C)C)c1c(Cl)cccc1CNC(C)(C)C. The molecule has 0 radical (unpaired) electrons. The van der Waals surface area contributed by atoms with E-state index < -0.39 is 0 Å². The second kappa shape index (κ2) is 6.36. The Bertz CT molecular complexity index is 441. The van der Waals surface area contributed by atoms with E-state index in [9.17, 15) is 0 Å². The highest BCUT2D eigenvalue weighted by atomic mass is 35.5. The third kappa shape index (κ3) is 5.72. The Balaban J connectivity index is 2.99.